The van der Waals surface area contributed by atoms with Crippen LogP contribution in [-0.4, -0.2) is 40.7 Å². The highest BCUT2D eigenvalue weighted by Gasteiger charge is 2.27. The van der Waals surface area contributed by atoms with Gasteiger partial charge in [-0.15, -0.1) is 0 Å². The number of nitrogens with zero attached hydrogens (tertiary/aromatic N) is 1. The maximum absolute atomic E-state index is 9.04. The van der Waals surface area contributed by atoms with Gasteiger partial charge >= 0.3 is 0 Å². The Morgan fingerprint density at radius 1 is 1.55 bits per heavy atom. The highest BCUT2D eigenvalue weighted by Crippen LogP contribution is 2.27. The smallest absolute Gasteiger partial charge is 0.0546 e. The molecule has 0 spiro atoms. The third-order valence-corrected chi connectivity index (χ3v) is 2.73. The summed E-state index contributed by atoms with van der Waals surface area (Å²) in [4.78, 5) is 2.35. The van der Waals surface area contributed by atoms with Crippen LogP contribution in [0.5, 0.6) is 0 Å². The quantitative estimate of drug-likeness (QED) is 0.611. The van der Waals surface area contributed by atoms with Crippen LogP contribution in [0.3, 0.4) is 0 Å². The summed E-state index contributed by atoms with van der Waals surface area (Å²) in [6.07, 6.45) is 2.05. The van der Waals surface area contributed by atoms with E-state index in [1.165, 1.54) is 17.5 Å². The van der Waals surface area contributed by atoms with Gasteiger partial charge in [-0.2, -0.15) is 0 Å². The van der Waals surface area contributed by atoms with Gasteiger partial charge in [0.2, 0.25) is 0 Å². The van der Waals surface area contributed by atoms with E-state index in [9.17, 15) is 0 Å². The fourth-order valence-electron chi connectivity index (χ4n) is 1.53. The summed E-state index contributed by atoms with van der Waals surface area (Å²) in [6.45, 7) is 2.34. The van der Waals surface area contributed by atoms with Gasteiger partial charge in [0.1, 0.15) is 0 Å². The molecule has 2 nitrogen and oxygen atoms in total. The van der Waals surface area contributed by atoms with Crippen LogP contribution in [0, 0.1) is 5.92 Å². The van der Waals surface area contributed by atoms with Gasteiger partial charge in [-0.3, -0.25) is 0 Å². The fraction of sp³-hybridized carbons (Fsp3) is 1.00. The molecular formula is C8H16INO. The van der Waals surface area contributed by atoms with Crippen molar-refractivity contribution in [3.05, 3.63) is 0 Å². The van der Waals surface area contributed by atoms with E-state index in [0.717, 1.165) is 18.8 Å². The van der Waals surface area contributed by atoms with Gasteiger partial charge < -0.3 is 10.0 Å². The van der Waals surface area contributed by atoms with Crippen molar-refractivity contribution in [2.45, 2.75) is 18.9 Å². The van der Waals surface area contributed by atoms with E-state index in [4.69, 9.17) is 5.11 Å². The van der Waals surface area contributed by atoms with Gasteiger partial charge in [0, 0.05) is 17.5 Å². The average molecular weight is 269 g/mol. The Morgan fingerprint density at radius 2 is 2.18 bits per heavy atom. The van der Waals surface area contributed by atoms with Crippen LogP contribution in [0.25, 0.3) is 0 Å². The molecule has 0 radical (unpaired) electrons. The van der Waals surface area contributed by atoms with Crippen molar-refractivity contribution in [2.24, 2.45) is 5.92 Å². The molecule has 66 valence electrons. The number of halogens is 1. The number of hydrogen-bond donors (Lipinski definition) is 1. The van der Waals surface area contributed by atoms with Crippen LogP contribution in [-0.2, 0) is 0 Å². The minimum Gasteiger partial charge on any atom is -0.393 e. The Bertz CT molecular complexity index is 112. The summed E-state index contributed by atoms with van der Waals surface area (Å²) in [5.74, 6) is 0.762. The molecule has 1 aliphatic carbocycles. The second-order valence-corrected chi connectivity index (χ2v) is 4.52. The van der Waals surface area contributed by atoms with Gasteiger partial charge in [-0.1, -0.05) is 22.6 Å². The molecule has 1 saturated carbocycles. The van der Waals surface area contributed by atoms with E-state index < -0.39 is 0 Å². The molecule has 1 N–H and O–H groups in total. The SMILES string of the molecule is CN(CCI)CC1CC(O)C1. The zero-order chi connectivity index (χ0) is 8.27. The molecule has 0 aromatic rings. The molecule has 0 aromatic carbocycles. The third-order valence-electron chi connectivity index (χ3n) is 2.25. The Hall–Kier alpha value is 0.650. The minimum atomic E-state index is 0.00741. The highest BCUT2D eigenvalue weighted by molar-refractivity contribution is 14.1. The van der Waals surface area contributed by atoms with Gasteiger partial charge in [0.15, 0.2) is 0 Å². The standard InChI is InChI=1S/C8H16INO/c1-10(3-2-9)6-7-4-8(11)5-7/h7-8,11H,2-6H2,1H3. The lowest BCUT2D eigenvalue weighted by atomic mass is 9.82. The van der Waals surface area contributed by atoms with Crippen LogP contribution in [0.2, 0.25) is 0 Å². The van der Waals surface area contributed by atoms with Crippen LogP contribution < -0.4 is 0 Å². The summed E-state index contributed by atoms with van der Waals surface area (Å²) in [7, 11) is 2.16. The summed E-state index contributed by atoms with van der Waals surface area (Å²) in [6, 6.07) is 0. The van der Waals surface area contributed by atoms with Crippen LogP contribution in [0.1, 0.15) is 12.8 Å². The predicted molar refractivity (Wildman–Crippen MR) is 55.1 cm³/mol. The van der Waals surface area contributed by atoms with E-state index in [1.54, 1.807) is 0 Å². The number of alkyl halides is 1. The normalized spacial score (nSPS) is 30.5. The lowest BCUT2D eigenvalue weighted by molar-refractivity contribution is 0.0293. The molecule has 0 bridgehead atoms. The van der Waals surface area contributed by atoms with Crippen molar-refractivity contribution in [2.75, 3.05) is 24.6 Å². The van der Waals surface area contributed by atoms with Crippen molar-refractivity contribution in [3.8, 4) is 0 Å². The molecular weight excluding hydrogens is 253 g/mol. The van der Waals surface area contributed by atoms with E-state index in [0.29, 0.717) is 0 Å². The maximum atomic E-state index is 9.04. The summed E-state index contributed by atoms with van der Waals surface area (Å²) >= 11 is 2.39. The molecule has 1 aliphatic rings. The van der Waals surface area contributed by atoms with Crippen molar-refractivity contribution >= 4 is 22.6 Å². The van der Waals surface area contributed by atoms with Gasteiger partial charge in [-0.25, -0.2) is 0 Å². The first kappa shape index (κ1) is 9.74. The summed E-state index contributed by atoms with van der Waals surface area (Å²) in [5, 5.41) is 9.04. The third kappa shape index (κ3) is 3.25. The number of rotatable bonds is 4. The Kier molecular flexibility index (Phi) is 4.09. The fourth-order valence-corrected chi connectivity index (χ4v) is 2.35. The molecule has 0 saturated heterocycles. The molecule has 11 heavy (non-hydrogen) atoms. The molecule has 0 aliphatic heterocycles. The minimum absolute atomic E-state index is 0.00741. The molecule has 1 fully saturated rings. The number of hydrogen-bond acceptors (Lipinski definition) is 2. The van der Waals surface area contributed by atoms with E-state index in [2.05, 4.69) is 34.5 Å². The maximum Gasteiger partial charge on any atom is 0.0546 e. The second-order valence-electron chi connectivity index (χ2n) is 3.44. The molecule has 0 atom stereocenters. The Morgan fingerprint density at radius 3 is 2.64 bits per heavy atom. The van der Waals surface area contributed by atoms with Crippen molar-refractivity contribution in [1.82, 2.24) is 4.90 Å². The average Bonchev–Trinajstić information content (AvgIpc) is 1.85. The van der Waals surface area contributed by atoms with Crippen LogP contribution >= 0.6 is 22.6 Å². The molecule has 0 unspecified atom stereocenters. The van der Waals surface area contributed by atoms with Crippen molar-refractivity contribution < 1.29 is 5.11 Å². The summed E-state index contributed by atoms with van der Waals surface area (Å²) < 4.78 is 1.20. The first-order valence-electron chi connectivity index (χ1n) is 4.15. The van der Waals surface area contributed by atoms with Gasteiger partial charge in [0.05, 0.1) is 6.10 Å². The first-order valence-corrected chi connectivity index (χ1v) is 5.67. The van der Waals surface area contributed by atoms with E-state index in [1.807, 2.05) is 0 Å². The first-order chi connectivity index (χ1) is 5.22. The zero-order valence-electron chi connectivity index (χ0n) is 6.96. The topological polar surface area (TPSA) is 23.5 Å². The lowest BCUT2D eigenvalue weighted by Gasteiger charge is -2.34. The monoisotopic (exact) mass is 269 g/mol. The molecule has 3 heteroatoms. The van der Waals surface area contributed by atoms with Crippen LogP contribution in [0.15, 0.2) is 0 Å². The van der Waals surface area contributed by atoms with E-state index >= 15 is 0 Å². The predicted octanol–water partition coefficient (Wildman–Crippen LogP) is 1.12. The van der Waals surface area contributed by atoms with Crippen molar-refractivity contribution in [1.29, 1.82) is 0 Å². The number of aliphatic hydroxyl groups excluding tert-OH is 1. The molecule has 0 amide bonds. The molecule has 0 aromatic heterocycles. The second kappa shape index (κ2) is 4.62. The van der Waals surface area contributed by atoms with E-state index in [-0.39, 0.29) is 6.10 Å². The number of aliphatic hydroxyl groups is 1. The van der Waals surface area contributed by atoms with Gasteiger partial charge in [0.25, 0.3) is 0 Å². The summed E-state index contributed by atoms with van der Waals surface area (Å²) in [5.41, 5.74) is 0. The molecule has 1 rings (SSSR count). The molecule has 0 heterocycles. The largest absolute Gasteiger partial charge is 0.393 e. The Balaban J connectivity index is 2.02. The zero-order valence-corrected chi connectivity index (χ0v) is 9.12. The van der Waals surface area contributed by atoms with Crippen LogP contribution in [0.4, 0.5) is 0 Å². The lowest BCUT2D eigenvalue weighted by Crippen LogP contribution is -2.37. The Labute approximate surface area is 82.1 Å². The highest BCUT2D eigenvalue weighted by atomic mass is 127. The van der Waals surface area contributed by atoms with Crippen molar-refractivity contribution in [3.63, 3.8) is 0 Å². The van der Waals surface area contributed by atoms with Gasteiger partial charge in [-0.05, 0) is 25.8 Å².